The second-order valence-electron chi connectivity index (χ2n) is 5.21. The number of thiophene rings is 1. The number of carbonyl (C=O) groups is 1. The molecule has 21 heavy (non-hydrogen) atoms. The van der Waals surface area contributed by atoms with Crippen LogP contribution in [0.3, 0.4) is 0 Å². The topological polar surface area (TPSA) is 45.2 Å². The molecule has 4 nitrogen and oxygen atoms in total. The molecule has 0 aliphatic carbocycles. The number of hydrogen-bond donors (Lipinski definition) is 1. The zero-order valence-electron chi connectivity index (χ0n) is 11.9. The van der Waals surface area contributed by atoms with E-state index in [2.05, 4.69) is 27.1 Å². The fourth-order valence-electron chi connectivity index (χ4n) is 2.77. The van der Waals surface area contributed by atoms with Crippen LogP contribution in [-0.4, -0.2) is 29.0 Å². The van der Waals surface area contributed by atoms with Crippen molar-refractivity contribution in [2.45, 2.75) is 25.3 Å². The van der Waals surface area contributed by atoms with E-state index in [-0.39, 0.29) is 12.1 Å². The quantitative estimate of drug-likeness (QED) is 0.942. The van der Waals surface area contributed by atoms with Crippen molar-refractivity contribution in [2.24, 2.45) is 0 Å². The lowest BCUT2D eigenvalue weighted by atomic mass is 10.1. The number of nitrogens with zero attached hydrogens (tertiary/aromatic N) is 2. The molecule has 0 aromatic carbocycles. The van der Waals surface area contributed by atoms with Gasteiger partial charge in [0.25, 0.3) is 0 Å². The Labute approximate surface area is 128 Å². The first-order chi connectivity index (χ1) is 10.3. The molecule has 1 saturated heterocycles. The standard InChI is InChI=1S/C16H19N3OS/c20-16(18-9-6-14-4-1-2-8-17-14)19-10-3-5-15(19)13-7-11-21-12-13/h1-2,4,7-8,11-12,15H,3,5-6,9-10H2,(H,18,20). The lowest BCUT2D eigenvalue weighted by molar-refractivity contribution is 0.193. The van der Waals surface area contributed by atoms with Gasteiger partial charge in [0.2, 0.25) is 0 Å². The first kappa shape index (κ1) is 14.1. The second kappa shape index (κ2) is 6.72. The molecular formula is C16H19N3OS. The highest BCUT2D eigenvalue weighted by Crippen LogP contribution is 2.32. The molecule has 1 atom stereocenters. The number of nitrogens with one attached hydrogen (secondary N) is 1. The fraction of sp³-hybridized carbons (Fsp3) is 0.375. The molecule has 0 bridgehead atoms. The molecule has 1 aliphatic rings. The third-order valence-electron chi connectivity index (χ3n) is 3.83. The first-order valence-corrected chi connectivity index (χ1v) is 8.25. The van der Waals surface area contributed by atoms with Gasteiger partial charge in [-0.2, -0.15) is 11.3 Å². The number of amides is 2. The predicted molar refractivity (Wildman–Crippen MR) is 84.3 cm³/mol. The van der Waals surface area contributed by atoms with E-state index >= 15 is 0 Å². The largest absolute Gasteiger partial charge is 0.338 e. The van der Waals surface area contributed by atoms with Gasteiger partial charge in [-0.05, 0) is 47.4 Å². The molecule has 0 spiro atoms. The Hall–Kier alpha value is -1.88. The van der Waals surface area contributed by atoms with Gasteiger partial charge < -0.3 is 10.2 Å². The summed E-state index contributed by atoms with van der Waals surface area (Å²) in [6, 6.07) is 8.26. The second-order valence-corrected chi connectivity index (χ2v) is 5.99. The van der Waals surface area contributed by atoms with Crippen LogP contribution in [0.5, 0.6) is 0 Å². The Morgan fingerprint density at radius 2 is 2.38 bits per heavy atom. The average molecular weight is 301 g/mol. The molecule has 0 saturated carbocycles. The molecule has 1 fully saturated rings. The molecule has 2 amide bonds. The molecule has 1 unspecified atom stereocenters. The van der Waals surface area contributed by atoms with Crippen molar-refractivity contribution in [2.75, 3.05) is 13.1 Å². The van der Waals surface area contributed by atoms with Gasteiger partial charge in [-0.25, -0.2) is 4.79 Å². The molecule has 1 aliphatic heterocycles. The van der Waals surface area contributed by atoms with Crippen molar-refractivity contribution in [3.8, 4) is 0 Å². The smallest absolute Gasteiger partial charge is 0.317 e. The molecule has 110 valence electrons. The SMILES string of the molecule is O=C(NCCc1ccccn1)N1CCCC1c1ccsc1. The van der Waals surface area contributed by atoms with Gasteiger partial charge >= 0.3 is 6.03 Å². The van der Waals surface area contributed by atoms with Crippen molar-refractivity contribution in [1.82, 2.24) is 15.2 Å². The van der Waals surface area contributed by atoms with Gasteiger partial charge in [0.05, 0.1) is 6.04 Å². The van der Waals surface area contributed by atoms with Crippen LogP contribution in [0.2, 0.25) is 0 Å². The number of hydrogen-bond acceptors (Lipinski definition) is 3. The Morgan fingerprint density at radius 1 is 1.43 bits per heavy atom. The molecule has 2 aromatic rings. The Balaban J connectivity index is 1.53. The number of rotatable bonds is 4. The Kier molecular flexibility index (Phi) is 4.50. The number of aromatic nitrogens is 1. The van der Waals surface area contributed by atoms with Crippen LogP contribution in [-0.2, 0) is 6.42 Å². The molecule has 3 heterocycles. The van der Waals surface area contributed by atoms with Crippen molar-refractivity contribution >= 4 is 17.4 Å². The normalized spacial score (nSPS) is 17.9. The summed E-state index contributed by atoms with van der Waals surface area (Å²) in [5.41, 5.74) is 2.27. The van der Waals surface area contributed by atoms with Crippen LogP contribution in [0.25, 0.3) is 0 Å². The average Bonchev–Trinajstić information content (AvgIpc) is 3.19. The van der Waals surface area contributed by atoms with E-state index in [9.17, 15) is 4.79 Å². The van der Waals surface area contributed by atoms with Gasteiger partial charge in [-0.3, -0.25) is 4.98 Å². The highest BCUT2D eigenvalue weighted by Gasteiger charge is 2.29. The van der Waals surface area contributed by atoms with Gasteiger partial charge in [-0.15, -0.1) is 0 Å². The minimum atomic E-state index is 0.0413. The molecule has 2 aromatic heterocycles. The minimum Gasteiger partial charge on any atom is -0.338 e. The summed E-state index contributed by atoms with van der Waals surface area (Å²) in [4.78, 5) is 18.6. The van der Waals surface area contributed by atoms with Crippen LogP contribution in [0.4, 0.5) is 4.79 Å². The summed E-state index contributed by atoms with van der Waals surface area (Å²) in [6.07, 6.45) is 4.69. The summed E-state index contributed by atoms with van der Waals surface area (Å²) in [7, 11) is 0. The van der Waals surface area contributed by atoms with Crippen LogP contribution >= 0.6 is 11.3 Å². The van der Waals surface area contributed by atoms with E-state index in [1.807, 2.05) is 23.1 Å². The van der Waals surface area contributed by atoms with E-state index in [1.54, 1.807) is 17.5 Å². The van der Waals surface area contributed by atoms with Crippen molar-refractivity contribution in [3.05, 3.63) is 52.5 Å². The summed E-state index contributed by atoms with van der Waals surface area (Å²) in [5, 5.41) is 7.23. The zero-order chi connectivity index (χ0) is 14.5. The number of pyridine rings is 1. The van der Waals surface area contributed by atoms with Crippen molar-refractivity contribution < 1.29 is 4.79 Å². The maximum Gasteiger partial charge on any atom is 0.317 e. The van der Waals surface area contributed by atoms with Crippen molar-refractivity contribution in [1.29, 1.82) is 0 Å². The summed E-state index contributed by atoms with van der Waals surface area (Å²) in [6.45, 7) is 1.47. The van der Waals surface area contributed by atoms with Crippen LogP contribution in [0.1, 0.15) is 30.1 Å². The molecule has 5 heteroatoms. The maximum absolute atomic E-state index is 12.3. The first-order valence-electron chi connectivity index (χ1n) is 7.31. The van der Waals surface area contributed by atoms with E-state index < -0.39 is 0 Å². The third kappa shape index (κ3) is 3.42. The molecular weight excluding hydrogens is 282 g/mol. The Bertz CT molecular complexity index is 570. The summed E-state index contributed by atoms with van der Waals surface area (Å²) >= 11 is 1.69. The highest BCUT2D eigenvalue weighted by molar-refractivity contribution is 7.07. The third-order valence-corrected chi connectivity index (χ3v) is 4.53. The molecule has 3 rings (SSSR count). The zero-order valence-corrected chi connectivity index (χ0v) is 12.7. The van der Waals surface area contributed by atoms with Gasteiger partial charge in [0, 0.05) is 31.4 Å². The maximum atomic E-state index is 12.3. The van der Waals surface area contributed by atoms with Crippen LogP contribution in [0.15, 0.2) is 41.2 Å². The lowest BCUT2D eigenvalue weighted by Crippen LogP contribution is -2.40. The van der Waals surface area contributed by atoms with Gasteiger partial charge in [-0.1, -0.05) is 6.07 Å². The number of carbonyl (C=O) groups excluding carboxylic acids is 1. The van der Waals surface area contributed by atoms with E-state index in [4.69, 9.17) is 0 Å². The van der Waals surface area contributed by atoms with Crippen LogP contribution in [0, 0.1) is 0 Å². The van der Waals surface area contributed by atoms with Crippen molar-refractivity contribution in [3.63, 3.8) is 0 Å². The van der Waals surface area contributed by atoms with E-state index in [0.29, 0.717) is 6.54 Å². The molecule has 0 radical (unpaired) electrons. The number of urea groups is 1. The molecule has 1 N–H and O–H groups in total. The highest BCUT2D eigenvalue weighted by atomic mass is 32.1. The fourth-order valence-corrected chi connectivity index (χ4v) is 3.47. The van der Waals surface area contributed by atoms with Gasteiger partial charge in [0.15, 0.2) is 0 Å². The minimum absolute atomic E-state index is 0.0413. The van der Waals surface area contributed by atoms with E-state index in [0.717, 1.165) is 31.5 Å². The van der Waals surface area contributed by atoms with Gasteiger partial charge in [0.1, 0.15) is 0 Å². The predicted octanol–water partition coefficient (Wildman–Crippen LogP) is 3.23. The Morgan fingerprint density at radius 3 is 3.14 bits per heavy atom. The summed E-state index contributed by atoms with van der Waals surface area (Å²) in [5.74, 6) is 0. The number of likely N-dealkylation sites (tertiary alicyclic amines) is 1. The summed E-state index contributed by atoms with van der Waals surface area (Å²) < 4.78 is 0. The lowest BCUT2D eigenvalue weighted by Gasteiger charge is -2.24. The van der Waals surface area contributed by atoms with Crippen LogP contribution < -0.4 is 5.32 Å². The van der Waals surface area contributed by atoms with E-state index in [1.165, 1.54) is 5.56 Å². The monoisotopic (exact) mass is 301 g/mol.